The minimum Gasteiger partial charge on any atom is -0.385 e. The van der Waals surface area contributed by atoms with Crippen LogP contribution in [0.25, 0.3) is 0 Å². The standard InChI is InChI=1S/C13H24N2O2/c1-17-10-7-13(5-6-13)11-14-12(16)15-8-3-2-4-9-15/h2-11H2,1H3,(H,14,16). The first-order valence-electron chi connectivity index (χ1n) is 6.77. The fraction of sp³-hybridized carbons (Fsp3) is 0.923. The van der Waals surface area contributed by atoms with Crippen LogP contribution in [0, 0.1) is 5.41 Å². The third-order valence-corrected chi connectivity index (χ3v) is 4.05. The van der Waals surface area contributed by atoms with Crippen molar-refractivity contribution in [1.82, 2.24) is 10.2 Å². The van der Waals surface area contributed by atoms with E-state index in [-0.39, 0.29) is 6.03 Å². The number of nitrogens with zero attached hydrogens (tertiary/aromatic N) is 1. The summed E-state index contributed by atoms with van der Waals surface area (Å²) in [5, 5.41) is 3.10. The van der Waals surface area contributed by atoms with E-state index in [0.717, 1.165) is 45.5 Å². The van der Waals surface area contributed by atoms with Crippen molar-refractivity contribution in [2.75, 3.05) is 33.4 Å². The van der Waals surface area contributed by atoms with Gasteiger partial charge in [-0.1, -0.05) is 0 Å². The maximum Gasteiger partial charge on any atom is 0.317 e. The molecule has 2 aliphatic rings. The SMILES string of the molecule is COCCC1(CNC(=O)N2CCCCC2)CC1. The number of hydrogen-bond donors (Lipinski definition) is 1. The zero-order chi connectivity index (χ0) is 12.1. The molecule has 1 N–H and O–H groups in total. The Kier molecular flexibility index (Phi) is 4.26. The molecule has 0 radical (unpaired) electrons. The lowest BCUT2D eigenvalue weighted by Gasteiger charge is -2.27. The zero-order valence-corrected chi connectivity index (χ0v) is 10.8. The highest BCUT2D eigenvalue weighted by Gasteiger charge is 2.42. The van der Waals surface area contributed by atoms with E-state index in [4.69, 9.17) is 4.74 Å². The Balaban J connectivity index is 1.68. The molecular formula is C13H24N2O2. The fourth-order valence-corrected chi connectivity index (χ4v) is 2.48. The molecule has 4 nitrogen and oxygen atoms in total. The maximum atomic E-state index is 11.9. The van der Waals surface area contributed by atoms with Crippen LogP contribution in [0.15, 0.2) is 0 Å². The van der Waals surface area contributed by atoms with Crippen LogP contribution in [0.3, 0.4) is 0 Å². The zero-order valence-electron chi connectivity index (χ0n) is 10.8. The number of rotatable bonds is 5. The van der Waals surface area contributed by atoms with Gasteiger partial charge in [-0.3, -0.25) is 0 Å². The molecule has 1 aliphatic carbocycles. The minimum atomic E-state index is 0.133. The van der Waals surface area contributed by atoms with Crippen LogP contribution in [0.4, 0.5) is 4.79 Å². The second-order valence-electron chi connectivity index (χ2n) is 5.45. The summed E-state index contributed by atoms with van der Waals surface area (Å²) in [4.78, 5) is 13.9. The molecule has 0 aromatic heterocycles. The third-order valence-electron chi connectivity index (χ3n) is 4.05. The van der Waals surface area contributed by atoms with E-state index >= 15 is 0 Å². The molecule has 0 atom stereocenters. The molecule has 0 unspecified atom stereocenters. The van der Waals surface area contributed by atoms with Crippen LogP contribution in [-0.2, 0) is 4.74 Å². The second kappa shape index (κ2) is 5.71. The van der Waals surface area contributed by atoms with Gasteiger partial charge in [-0.25, -0.2) is 4.79 Å². The summed E-state index contributed by atoms with van der Waals surface area (Å²) < 4.78 is 5.12. The normalized spacial score (nSPS) is 22.3. The average molecular weight is 240 g/mol. The van der Waals surface area contributed by atoms with Crippen LogP contribution >= 0.6 is 0 Å². The Bertz CT molecular complexity index is 258. The molecule has 0 aromatic rings. The summed E-state index contributed by atoms with van der Waals surface area (Å²) in [5.41, 5.74) is 0.349. The van der Waals surface area contributed by atoms with Crippen LogP contribution in [0.1, 0.15) is 38.5 Å². The number of amides is 2. The van der Waals surface area contributed by atoms with Crippen molar-refractivity contribution in [1.29, 1.82) is 0 Å². The van der Waals surface area contributed by atoms with Gasteiger partial charge in [-0.05, 0) is 43.9 Å². The molecule has 0 aromatic carbocycles. The smallest absolute Gasteiger partial charge is 0.317 e. The predicted molar refractivity (Wildman–Crippen MR) is 67.0 cm³/mol. The van der Waals surface area contributed by atoms with Gasteiger partial charge >= 0.3 is 6.03 Å². The van der Waals surface area contributed by atoms with Gasteiger partial charge in [-0.2, -0.15) is 0 Å². The highest BCUT2D eigenvalue weighted by Crippen LogP contribution is 2.48. The number of hydrogen-bond acceptors (Lipinski definition) is 2. The van der Waals surface area contributed by atoms with Gasteiger partial charge in [0.1, 0.15) is 0 Å². The monoisotopic (exact) mass is 240 g/mol. The highest BCUT2D eigenvalue weighted by atomic mass is 16.5. The van der Waals surface area contributed by atoms with Gasteiger partial charge < -0.3 is 15.0 Å². The van der Waals surface area contributed by atoms with Gasteiger partial charge in [0, 0.05) is 33.4 Å². The molecule has 1 heterocycles. The van der Waals surface area contributed by atoms with Crippen molar-refractivity contribution in [3.05, 3.63) is 0 Å². The van der Waals surface area contributed by atoms with Gasteiger partial charge in [0.2, 0.25) is 0 Å². The first-order chi connectivity index (χ1) is 8.26. The van der Waals surface area contributed by atoms with Gasteiger partial charge in [0.15, 0.2) is 0 Å². The summed E-state index contributed by atoms with van der Waals surface area (Å²) in [6, 6.07) is 0.133. The first kappa shape index (κ1) is 12.7. The summed E-state index contributed by atoms with van der Waals surface area (Å²) in [6.45, 7) is 3.49. The Labute approximate surface area is 104 Å². The summed E-state index contributed by atoms with van der Waals surface area (Å²) in [5.74, 6) is 0. The second-order valence-corrected chi connectivity index (χ2v) is 5.45. The summed E-state index contributed by atoms with van der Waals surface area (Å²) >= 11 is 0. The molecule has 2 fully saturated rings. The lowest BCUT2D eigenvalue weighted by atomic mass is 10.0. The van der Waals surface area contributed by atoms with Gasteiger partial charge in [0.05, 0.1) is 0 Å². The minimum absolute atomic E-state index is 0.133. The molecule has 17 heavy (non-hydrogen) atoms. The molecule has 0 bridgehead atoms. The first-order valence-corrected chi connectivity index (χ1v) is 6.77. The molecule has 1 saturated heterocycles. The van der Waals surface area contributed by atoms with Crippen molar-refractivity contribution < 1.29 is 9.53 Å². The predicted octanol–water partition coefficient (Wildman–Crippen LogP) is 2.00. The van der Waals surface area contributed by atoms with E-state index in [9.17, 15) is 4.79 Å². The highest BCUT2D eigenvalue weighted by molar-refractivity contribution is 5.74. The van der Waals surface area contributed by atoms with E-state index < -0.39 is 0 Å². The number of carbonyl (C=O) groups excluding carboxylic acids is 1. The molecule has 2 rings (SSSR count). The number of methoxy groups -OCH3 is 1. The summed E-state index contributed by atoms with van der Waals surface area (Å²) in [6.07, 6.45) is 7.11. The largest absolute Gasteiger partial charge is 0.385 e. The van der Waals surface area contributed by atoms with Crippen molar-refractivity contribution in [2.24, 2.45) is 5.41 Å². The Morgan fingerprint density at radius 3 is 2.59 bits per heavy atom. The van der Waals surface area contributed by atoms with Crippen molar-refractivity contribution in [3.8, 4) is 0 Å². The van der Waals surface area contributed by atoms with E-state index in [2.05, 4.69) is 5.32 Å². The molecular weight excluding hydrogens is 216 g/mol. The maximum absolute atomic E-state index is 11.9. The topological polar surface area (TPSA) is 41.6 Å². The fourth-order valence-electron chi connectivity index (χ4n) is 2.48. The van der Waals surface area contributed by atoms with Gasteiger partial charge in [-0.15, -0.1) is 0 Å². The number of nitrogens with one attached hydrogen (secondary N) is 1. The number of ether oxygens (including phenoxy) is 1. The average Bonchev–Trinajstić information content (AvgIpc) is 3.15. The van der Waals surface area contributed by atoms with Crippen LogP contribution in [0.5, 0.6) is 0 Å². The van der Waals surface area contributed by atoms with Crippen LogP contribution < -0.4 is 5.32 Å². The van der Waals surface area contributed by atoms with Crippen molar-refractivity contribution in [2.45, 2.75) is 38.5 Å². The quantitative estimate of drug-likeness (QED) is 0.798. The molecule has 98 valence electrons. The molecule has 0 spiro atoms. The number of likely N-dealkylation sites (tertiary alicyclic amines) is 1. The molecule has 2 amide bonds. The van der Waals surface area contributed by atoms with Crippen LogP contribution in [0.2, 0.25) is 0 Å². The lowest BCUT2D eigenvalue weighted by molar-refractivity contribution is 0.165. The Morgan fingerprint density at radius 1 is 1.29 bits per heavy atom. The number of piperidine rings is 1. The molecule has 1 aliphatic heterocycles. The van der Waals surface area contributed by atoms with Crippen molar-refractivity contribution >= 4 is 6.03 Å². The molecule has 4 heteroatoms. The van der Waals surface area contributed by atoms with E-state index in [1.807, 2.05) is 4.90 Å². The Morgan fingerprint density at radius 2 is 2.00 bits per heavy atom. The molecule has 1 saturated carbocycles. The summed E-state index contributed by atoms with van der Waals surface area (Å²) in [7, 11) is 1.74. The van der Waals surface area contributed by atoms with Crippen LogP contribution in [-0.4, -0.2) is 44.3 Å². The third kappa shape index (κ3) is 3.60. The van der Waals surface area contributed by atoms with E-state index in [1.54, 1.807) is 7.11 Å². The van der Waals surface area contributed by atoms with E-state index in [1.165, 1.54) is 19.3 Å². The number of carbonyl (C=O) groups is 1. The Hall–Kier alpha value is -0.770. The number of urea groups is 1. The van der Waals surface area contributed by atoms with Gasteiger partial charge in [0.25, 0.3) is 0 Å². The lowest BCUT2D eigenvalue weighted by Crippen LogP contribution is -2.44. The van der Waals surface area contributed by atoms with E-state index in [0.29, 0.717) is 5.41 Å². The van der Waals surface area contributed by atoms with Crippen molar-refractivity contribution in [3.63, 3.8) is 0 Å².